The Bertz CT molecular complexity index is 735. The SMILES string of the molecule is CCNC(=NCc1ncnn1C)NC1CCN(c2ncccc2F)C1.I. The quantitative estimate of drug-likeness (QED) is 0.387. The van der Waals surface area contributed by atoms with Gasteiger partial charge in [0.05, 0.1) is 0 Å². The summed E-state index contributed by atoms with van der Waals surface area (Å²) in [6.45, 7) is 4.66. The highest BCUT2D eigenvalue weighted by Crippen LogP contribution is 2.20. The molecule has 1 fully saturated rings. The zero-order chi connectivity index (χ0) is 17.6. The molecule has 2 aromatic rings. The molecule has 2 N–H and O–H groups in total. The number of anilines is 1. The minimum Gasteiger partial charge on any atom is -0.357 e. The summed E-state index contributed by atoms with van der Waals surface area (Å²) in [5.74, 6) is 1.64. The number of hydrogen-bond acceptors (Lipinski definition) is 5. The number of aromatic nitrogens is 4. The van der Waals surface area contributed by atoms with Crippen LogP contribution in [0.2, 0.25) is 0 Å². The molecular formula is C16H24FIN8. The first-order valence-corrected chi connectivity index (χ1v) is 8.40. The van der Waals surface area contributed by atoms with Gasteiger partial charge in [-0.25, -0.2) is 19.4 Å². The van der Waals surface area contributed by atoms with Gasteiger partial charge in [0.25, 0.3) is 0 Å². The number of halogens is 2. The van der Waals surface area contributed by atoms with Crippen LogP contribution in [0.5, 0.6) is 0 Å². The van der Waals surface area contributed by atoms with Crippen molar-refractivity contribution >= 4 is 35.8 Å². The highest BCUT2D eigenvalue weighted by atomic mass is 127. The Morgan fingerprint density at radius 3 is 2.96 bits per heavy atom. The molecule has 1 unspecified atom stereocenters. The maximum atomic E-state index is 13.9. The summed E-state index contributed by atoms with van der Waals surface area (Å²) in [5.41, 5.74) is 0. The molecule has 0 saturated carbocycles. The number of aliphatic imine (C=N–C) groups is 1. The van der Waals surface area contributed by atoms with Crippen LogP contribution < -0.4 is 15.5 Å². The third kappa shape index (κ3) is 5.02. The fourth-order valence-corrected chi connectivity index (χ4v) is 2.81. The molecule has 0 radical (unpaired) electrons. The van der Waals surface area contributed by atoms with E-state index in [1.165, 1.54) is 12.4 Å². The topological polar surface area (TPSA) is 83.3 Å². The number of aryl methyl sites for hydroxylation is 1. The summed E-state index contributed by atoms with van der Waals surface area (Å²) in [7, 11) is 1.84. The number of rotatable bonds is 5. The molecule has 8 nitrogen and oxygen atoms in total. The normalized spacial score (nSPS) is 17.1. The highest BCUT2D eigenvalue weighted by molar-refractivity contribution is 14.0. The Morgan fingerprint density at radius 2 is 2.27 bits per heavy atom. The van der Waals surface area contributed by atoms with E-state index >= 15 is 0 Å². The molecule has 10 heteroatoms. The molecule has 142 valence electrons. The summed E-state index contributed by atoms with van der Waals surface area (Å²) in [5, 5.41) is 10.7. The average molecular weight is 474 g/mol. The first-order valence-electron chi connectivity index (χ1n) is 8.40. The summed E-state index contributed by atoms with van der Waals surface area (Å²) < 4.78 is 15.6. The van der Waals surface area contributed by atoms with Crippen molar-refractivity contribution in [2.45, 2.75) is 25.9 Å². The molecule has 3 rings (SSSR count). The third-order valence-corrected chi connectivity index (χ3v) is 4.10. The van der Waals surface area contributed by atoms with Gasteiger partial charge >= 0.3 is 0 Å². The van der Waals surface area contributed by atoms with Crippen LogP contribution in [0.15, 0.2) is 29.6 Å². The number of nitrogens with one attached hydrogen (secondary N) is 2. The lowest BCUT2D eigenvalue weighted by Gasteiger charge is -2.19. The van der Waals surface area contributed by atoms with E-state index in [-0.39, 0.29) is 35.8 Å². The van der Waals surface area contributed by atoms with Gasteiger partial charge in [-0.3, -0.25) is 4.68 Å². The number of nitrogens with zero attached hydrogens (tertiary/aromatic N) is 6. The molecule has 1 atom stereocenters. The molecular weight excluding hydrogens is 450 g/mol. The van der Waals surface area contributed by atoms with Gasteiger partial charge in [0.15, 0.2) is 17.6 Å². The van der Waals surface area contributed by atoms with Crippen LogP contribution in [0.4, 0.5) is 10.2 Å². The Kier molecular flexibility index (Phi) is 7.54. The van der Waals surface area contributed by atoms with Gasteiger partial charge in [-0.2, -0.15) is 5.10 Å². The minimum absolute atomic E-state index is 0. The van der Waals surface area contributed by atoms with Gasteiger partial charge in [0.2, 0.25) is 0 Å². The summed E-state index contributed by atoms with van der Waals surface area (Å²) in [6.07, 6.45) is 4.03. The third-order valence-electron chi connectivity index (χ3n) is 4.10. The van der Waals surface area contributed by atoms with Gasteiger partial charge in [0, 0.05) is 38.9 Å². The highest BCUT2D eigenvalue weighted by Gasteiger charge is 2.25. The zero-order valence-electron chi connectivity index (χ0n) is 14.9. The molecule has 2 aromatic heterocycles. The van der Waals surface area contributed by atoms with Gasteiger partial charge in [-0.05, 0) is 25.5 Å². The van der Waals surface area contributed by atoms with Crippen molar-refractivity contribution in [3.05, 3.63) is 36.3 Å². The Hall–Kier alpha value is -1.98. The summed E-state index contributed by atoms with van der Waals surface area (Å²) >= 11 is 0. The Labute approximate surface area is 169 Å². The predicted molar refractivity (Wildman–Crippen MR) is 109 cm³/mol. The molecule has 0 amide bonds. The molecule has 1 saturated heterocycles. The average Bonchev–Trinajstić information content (AvgIpc) is 3.22. The Morgan fingerprint density at radius 1 is 1.42 bits per heavy atom. The van der Waals surface area contributed by atoms with E-state index in [0.717, 1.165) is 31.3 Å². The fraction of sp³-hybridized carbons (Fsp3) is 0.500. The minimum atomic E-state index is -0.286. The second kappa shape index (κ2) is 9.64. The molecule has 0 bridgehead atoms. The van der Waals surface area contributed by atoms with E-state index in [1.807, 2.05) is 18.9 Å². The van der Waals surface area contributed by atoms with Gasteiger partial charge < -0.3 is 15.5 Å². The van der Waals surface area contributed by atoms with Crippen LogP contribution in [0.25, 0.3) is 0 Å². The van der Waals surface area contributed by atoms with Crippen LogP contribution in [-0.4, -0.2) is 51.4 Å². The molecule has 1 aliphatic rings. The molecule has 0 spiro atoms. The smallest absolute Gasteiger partial charge is 0.191 e. The van der Waals surface area contributed by atoms with Crippen LogP contribution in [0.3, 0.4) is 0 Å². The first kappa shape index (κ1) is 20.3. The van der Waals surface area contributed by atoms with E-state index in [1.54, 1.807) is 16.9 Å². The maximum absolute atomic E-state index is 13.9. The second-order valence-corrected chi connectivity index (χ2v) is 5.88. The van der Waals surface area contributed by atoms with E-state index < -0.39 is 0 Å². The molecule has 26 heavy (non-hydrogen) atoms. The zero-order valence-corrected chi connectivity index (χ0v) is 17.2. The largest absolute Gasteiger partial charge is 0.357 e. The van der Waals surface area contributed by atoms with E-state index in [4.69, 9.17) is 0 Å². The molecule has 3 heterocycles. The van der Waals surface area contributed by atoms with E-state index in [0.29, 0.717) is 18.9 Å². The van der Waals surface area contributed by atoms with Crippen LogP contribution in [0.1, 0.15) is 19.2 Å². The van der Waals surface area contributed by atoms with Gasteiger partial charge in [-0.1, -0.05) is 0 Å². The number of guanidine groups is 1. The van der Waals surface area contributed by atoms with Crippen LogP contribution in [0, 0.1) is 5.82 Å². The van der Waals surface area contributed by atoms with Crippen molar-refractivity contribution in [3.8, 4) is 0 Å². The maximum Gasteiger partial charge on any atom is 0.191 e. The van der Waals surface area contributed by atoms with Crippen molar-refractivity contribution in [1.29, 1.82) is 0 Å². The lowest BCUT2D eigenvalue weighted by Crippen LogP contribution is -2.44. The van der Waals surface area contributed by atoms with E-state index in [9.17, 15) is 4.39 Å². The summed E-state index contributed by atoms with van der Waals surface area (Å²) in [4.78, 5) is 14.8. The van der Waals surface area contributed by atoms with Crippen molar-refractivity contribution in [3.63, 3.8) is 0 Å². The first-order chi connectivity index (χ1) is 12.2. The number of hydrogen-bond donors (Lipinski definition) is 2. The number of pyridine rings is 1. The Balaban J connectivity index is 0.00000243. The van der Waals surface area contributed by atoms with Crippen LogP contribution >= 0.6 is 24.0 Å². The second-order valence-electron chi connectivity index (χ2n) is 5.88. The van der Waals surface area contributed by atoms with E-state index in [2.05, 4.69) is 30.7 Å². The standard InChI is InChI=1S/C16H23FN8.HI/c1-3-18-16(20-9-14-21-11-22-24(14)2)23-12-6-8-25(10-12)15-13(17)5-4-7-19-15;/h4-5,7,11-12H,3,6,8-10H2,1-2H3,(H2,18,20,23);1H. The fourth-order valence-electron chi connectivity index (χ4n) is 2.81. The molecule has 0 aromatic carbocycles. The lowest BCUT2D eigenvalue weighted by molar-refractivity contribution is 0.612. The predicted octanol–water partition coefficient (Wildman–Crippen LogP) is 1.30. The lowest BCUT2D eigenvalue weighted by atomic mass is 10.3. The van der Waals surface area contributed by atoms with Gasteiger partial charge in [-0.15, -0.1) is 24.0 Å². The molecule has 1 aliphatic heterocycles. The van der Waals surface area contributed by atoms with Crippen LogP contribution in [-0.2, 0) is 13.6 Å². The molecule has 0 aliphatic carbocycles. The van der Waals surface area contributed by atoms with Crippen molar-refractivity contribution < 1.29 is 4.39 Å². The monoisotopic (exact) mass is 474 g/mol. The van der Waals surface area contributed by atoms with Crippen molar-refractivity contribution in [2.24, 2.45) is 12.0 Å². The summed E-state index contributed by atoms with van der Waals surface area (Å²) in [6, 6.07) is 3.22. The van der Waals surface area contributed by atoms with Crippen molar-refractivity contribution in [2.75, 3.05) is 24.5 Å². The van der Waals surface area contributed by atoms with Crippen molar-refractivity contribution in [1.82, 2.24) is 30.4 Å². The van der Waals surface area contributed by atoms with Gasteiger partial charge in [0.1, 0.15) is 18.7 Å².